The number of nitrogens with zero attached hydrogens (tertiary/aromatic N) is 3. The number of hydrogen-bond acceptors (Lipinski definition) is 10. The van der Waals surface area contributed by atoms with Gasteiger partial charge in [-0.15, -0.1) is 0 Å². The lowest BCUT2D eigenvalue weighted by molar-refractivity contribution is -0.143. The van der Waals surface area contributed by atoms with Crippen LogP contribution in [-0.4, -0.2) is 157 Å². The molecule has 7 atom stereocenters. The number of carbonyl (C=O) groups is 5. The molecule has 1 heterocycles. The Morgan fingerprint density at radius 2 is 1.50 bits per heavy atom. The van der Waals surface area contributed by atoms with Gasteiger partial charge in [-0.25, -0.2) is 0 Å². The fourth-order valence-corrected chi connectivity index (χ4v) is 7.08. The molecule has 1 aliphatic heterocycles. The number of ether oxygens (including phenoxy) is 3. The van der Waals surface area contributed by atoms with Gasteiger partial charge >= 0.3 is 0 Å². The fourth-order valence-electron chi connectivity index (χ4n) is 7.08. The first-order chi connectivity index (χ1) is 29.3. The van der Waals surface area contributed by atoms with E-state index < -0.39 is 18.1 Å². The highest BCUT2D eigenvalue weighted by Gasteiger charge is 2.41. The lowest BCUT2D eigenvalue weighted by Crippen LogP contribution is -2.52. The molecule has 0 spiro atoms. The first-order valence-electron chi connectivity index (χ1n) is 22.8. The number of methoxy groups -OCH3 is 2. The van der Waals surface area contributed by atoms with Crippen LogP contribution in [0.5, 0.6) is 0 Å². The molecule has 1 aromatic rings. The van der Waals surface area contributed by atoms with Crippen molar-refractivity contribution in [2.45, 2.75) is 151 Å². The molecule has 0 saturated carbocycles. The molecular weight excluding hydrogens is 789 g/mol. The molecule has 14 heteroatoms. The minimum atomic E-state index is -0.518. The van der Waals surface area contributed by atoms with E-state index >= 15 is 0 Å². The molecule has 0 aromatic heterocycles. The second-order valence-corrected chi connectivity index (χ2v) is 16.6. The Labute approximate surface area is 378 Å². The average Bonchev–Trinajstić information content (AvgIpc) is 3.72. The van der Waals surface area contributed by atoms with Gasteiger partial charge in [-0.1, -0.05) is 97.2 Å². The minimum absolute atomic E-state index is 0.00931. The highest BCUT2D eigenvalue weighted by Crippen LogP contribution is 2.29. The highest BCUT2D eigenvalue weighted by atomic mass is 16.5. The zero-order valence-electron chi connectivity index (χ0n) is 42.1. The minimum Gasteiger partial charge on any atom is -0.379 e. The number of likely N-dealkylation sites (tertiary alicyclic amines) is 1. The first kappa shape index (κ1) is 62.9. The van der Waals surface area contributed by atoms with Gasteiger partial charge in [-0.05, 0) is 86.5 Å². The highest BCUT2D eigenvalue weighted by molar-refractivity contribution is 5.82. The van der Waals surface area contributed by atoms with Crippen LogP contribution in [0.1, 0.15) is 113 Å². The Bertz CT molecular complexity index is 1260. The molecule has 1 aromatic carbocycles. The summed E-state index contributed by atoms with van der Waals surface area (Å²) in [6, 6.07) is 9.80. The lowest BCUT2D eigenvalue weighted by Gasteiger charge is -2.38. The van der Waals surface area contributed by atoms with Gasteiger partial charge in [0.15, 0.2) is 0 Å². The Kier molecular flexibility index (Phi) is 39.7. The van der Waals surface area contributed by atoms with Crippen molar-refractivity contribution < 1.29 is 38.2 Å². The fraction of sp³-hybridized carbons (Fsp3) is 0.771. The summed E-state index contributed by atoms with van der Waals surface area (Å²) in [6.07, 6.45) is 5.76. The summed E-state index contributed by atoms with van der Waals surface area (Å²) < 4.78 is 16.6. The van der Waals surface area contributed by atoms with Crippen molar-refractivity contribution in [3.8, 4) is 0 Å². The van der Waals surface area contributed by atoms with Crippen LogP contribution in [0.15, 0.2) is 30.3 Å². The Morgan fingerprint density at radius 1 is 0.903 bits per heavy atom. The third-order valence-corrected chi connectivity index (χ3v) is 10.2. The second kappa shape index (κ2) is 39.2. The van der Waals surface area contributed by atoms with Crippen molar-refractivity contribution >= 4 is 30.4 Å². The van der Waals surface area contributed by atoms with Crippen LogP contribution < -0.4 is 16.0 Å². The van der Waals surface area contributed by atoms with Gasteiger partial charge in [-0.3, -0.25) is 24.1 Å². The molecule has 2 rings (SSSR count). The van der Waals surface area contributed by atoms with Gasteiger partial charge in [0.2, 0.25) is 24.1 Å². The SMILES string of the molecule is CCC.CCC(C)C(C(CC(=O)N1CCCC1C(OC)C(C)C(=O)NCC=O)OC)N(C)C=O.CCNC(=O)C(C(C)C)N(C)C.CNCCCOC(C)C.Cc1ccccc1. The first-order valence-corrected chi connectivity index (χ1v) is 22.8. The van der Waals surface area contributed by atoms with Gasteiger partial charge in [0.1, 0.15) is 6.29 Å². The number of benzene rings is 1. The molecule has 4 amide bonds. The zero-order valence-corrected chi connectivity index (χ0v) is 42.1. The van der Waals surface area contributed by atoms with Gasteiger partial charge in [0.25, 0.3) is 0 Å². The molecule has 14 nitrogen and oxygen atoms in total. The van der Waals surface area contributed by atoms with E-state index in [1.165, 1.54) is 19.1 Å². The van der Waals surface area contributed by atoms with Gasteiger partial charge < -0.3 is 44.8 Å². The third kappa shape index (κ3) is 27.6. The zero-order chi connectivity index (χ0) is 48.2. The number of aldehydes is 1. The molecule has 7 unspecified atom stereocenters. The molecule has 62 heavy (non-hydrogen) atoms. The Balaban J connectivity index is -0.000000904. The average molecular weight is 881 g/mol. The number of likely N-dealkylation sites (N-methyl/N-ethyl adjacent to an activating group) is 3. The van der Waals surface area contributed by atoms with Crippen molar-refractivity contribution in [3.05, 3.63) is 35.9 Å². The van der Waals surface area contributed by atoms with E-state index in [-0.39, 0.29) is 54.7 Å². The van der Waals surface area contributed by atoms with Crippen molar-refractivity contribution in [2.75, 3.05) is 75.2 Å². The number of nitrogens with one attached hydrogen (secondary N) is 3. The van der Waals surface area contributed by atoms with Crippen LogP contribution in [-0.2, 0) is 38.2 Å². The van der Waals surface area contributed by atoms with Gasteiger partial charge in [0.05, 0.1) is 55.3 Å². The van der Waals surface area contributed by atoms with E-state index in [0.717, 1.165) is 45.2 Å². The van der Waals surface area contributed by atoms with Gasteiger partial charge in [0, 0.05) is 41.0 Å². The van der Waals surface area contributed by atoms with Crippen LogP contribution >= 0.6 is 0 Å². The van der Waals surface area contributed by atoms with E-state index in [0.29, 0.717) is 31.4 Å². The molecular formula is C48H92N6O8. The van der Waals surface area contributed by atoms with Crippen LogP contribution in [0.2, 0.25) is 0 Å². The largest absolute Gasteiger partial charge is 0.379 e. The second-order valence-electron chi connectivity index (χ2n) is 16.6. The van der Waals surface area contributed by atoms with Crippen LogP contribution in [0.4, 0.5) is 0 Å². The van der Waals surface area contributed by atoms with E-state index in [2.05, 4.69) is 76.5 Å². The summed E-state index contributed by atoms with van der Waals surface area (Å²) in [6.45, 7) is 25.5. The van der Waals surface area contributed by atoms with E-state index in [9.17, 15) is 24.0 Å². The standard InChI is InChI=1S/C22H39N3O6.C9H20N2O.C7H17NO.C7H8.C3H8/c1-7-15(2)20(24(4)14-27)18(30-5)13-19(28)25-11-8-9-17(25)21(31-6)16(3)22(29)23-10-12-26;1-6-10-9(12)8(7(2)3)11(4)5;1-7(2)9-6-4-5-8-3;1-7-5-3-2-4-6-7;1-3-2/h12,14-18,20-21H,7-11,13H2,1-6H3,(H,23,29);7-8H,6H2,1-5H3,(H,10,12);7-8H,4-6H2,1-3H3;2-6H,1H3;3H2,1-2H3. The number of hydrogen-bond donors (Lipinski definition) is 3. The molecule has 1 saturated heterocycles. The summed E-state index contributed by atoms with van der Waals surface area (Å²) in [7, 11) is 10.6. The number of amides is 4. The van der Waals surface area contributed by atoms with Crippen molar-refractivity contribution in [3.63, 3.8) is 0 Å². The molecule has 1 fully saturated rings. The smallest absolute Gasteiger partial charge is 0.237 e. The topological polar surface area (TPSA) is 159 Å². The van der Waals surface area contributed by atoms with E-state index in [1.807, 2.05) is 65.0 Å². The van der Waals surface area contributed by atoms with E-state index in [4.69, 9.17) is 14.2 Å². The predicted molar refractivity (Wildman–Crippen MR) is 254 cm³/mol. The maximum atomic E-state index is 13.3. The monoisotopic (exact) mass is 881 g/mol. The molecule has 0 aliphatic carbocycles. The number of aryl methyl sites for hydroxylation is 1. The molecule has 362 valence electrons. The quantitative estimate of drug-likeness (QED) is 0.0881. The maximum absolute atomic E-state index is 13.3. The third-order valence-electron chi connectivity index (χ3n) is 10.2. The summed E-state index contributed by atoms with van der Waals surface area (Å²) in [5, 5.41) is 8.45. The van der Waals surface area contributed by atoms with E-state index in [1.54, 1.807) is 30.9 Å². The summed E-state index contributed by atoms with van der Waals surface area (Å²) >= 11 is 0. The van der Waals surface area contributed by atoms with Crippen molar-refractivity contribution in [1.29, 1.82) is 0 Å². The predicted octanol–water partition coefficient (Wildman–Crippen LogP) is 5.99. The molecule has 1 aliphatic rings. The summed E-state index contributed by atoms with van der Waals surface area (Å²) in [5.74, 6) is -0.239. The van der Waals surface area contributed by atoms with Crippen molar-refractivity contribution in [2.24, 2.45) is 17.8 Å². The molecule has 3 N–H and O–H groups in total. The Hall–Kier alpha value is -3.43. The normalized spacial score (nSPS) is 15.9. The summed E-state index contributed by atoms with van der Waals surface area (Å²) in [4.78, 5) is 64.4. The van der Waals surface area contributed by atoms with Crippen molar-refractivity contribution in [1.82, 2.24) is 30.7 Å². The summed E-state index contributed by atoms with van der Waals surface area (Å²) in [5.41, 5.74) is 1.32. The molecule has 0 bridgehead atoms. The van der Waals surface area contributed by atoms with Gasteiger partial charge in [-0.2, -0.15) is 0 Å². The number of carbonyl (C=O) groups excluding carboxylic acids is 5. The number of rotatable bonds is 23. The van der Waals surface area contributed by atoms with Crippen LogP contribution in [0.3, 0.4) is 0 Å². The maximum Gasteiger partial charge on any atom is 0.237 e. The molecule has 0 radical (unpaired) electrons. The van der Waals surface area contributed by atoms with Crippen LogP contribution in [0, 0.1) is 24.7 Å². The Morgan fingerprint density at radius 3 is 1.90 bits per heavy atom. The lowest BCUT2D eigenvalue weighted by atomic mass is 9.90. The van der Waals surface area contributed by atoms with Crippen LogP contribution in [0.25, 0.3) is 0 Å².